The molecular formula is C17H21ClFN5S. The number of benzene rings is 1. The lowest BCUT2D eigenvalue weighted by atomic mass is 9.96. The summed E-state index contributed by atoms with van der Waals surface area (Å²) >= 11 is 7.42. The Labute approximate surface area is 156 Å². The van der Waals surface area contributed by atoms with Crippen LogP contribution in [0.2, 0.25) is 5.02 Å². The molecule has 1 aliphatic carbocycles. The van der Waals surface area contributed by atoms with Crippen LogP contribution >= 0.6 is 23.4 Å². The lowest BCUT2D eigenvalue weighted by Crippen LogP contribution is -2.24. The molecule has 5 nitrogen and oxygen atoms in total. The molecule has 2 N–H and O–H groups in total. The number of rotatable bonds is 6. The third-order valence-corrected chi connectivity index (χ3v) is 5.41. The topological polar surface area (TPSA) is 62.7 Å². The fraction of sp³-hybridized carbons (Fsp3) is 0.471. The molecule has 1 aromatic carbocycles. The van der Waals surface area contributed by atoms with Gasteiger partial charge in [0.2, 0.25) is 11.9 Å². The van der Waals surface area contributed by atoms with Crippen LogP contribution in [0.5, 0.6) is 0 Å². The van der Waals surface area contributed by atoms with Crippen molar-refractivity contribution in [2.24, 2.45) is 0 Å². The molecule has 0 spiro atoms. The first-order chi connectivity index (χ1) is 12.2. The van der Waals surface area contributed by atoms with E-state index in [0.29, 0.717) is 39.4 Å². The van der Waals surface area contributed by atoms with Gasteiger partial charge in [-0.2, -0.15) is 15.0 Å². The van der Waals surface area contributed by atoms with Crippen LogP contribution in [0.1, 0.15) is 37.7 Å². The highest BCUT2D eigenvalue weighted by molar-refractivity contribution is 7.98. The van der Waals surface area contributed by atoms with Crippen molar-refractivity contribution in [2.75, 3.05) is 17.7 Å². The van der Waals surface area contributed by atoms with Gasteiger partial charge in [0.05, 0.1) is 0 Å². The second-order valence-electron chi connectivity index (χ2n) is 5.98. The zero-order valence-electron chi connectivity index (χ0n) is 14.1. The maximum absolute atomic E-state index is 13.9. The van der Waals surface area contributed by atoms with Crippen molar-refractivity contribution >= 4 is 35.3 Å². The van der Waals surface area contributed by atoms with Crippen molar-refractivity contribution in [3.05, 3.63) is 34.6 Å². The average molecular weight is 382 g/mol. The Morgan fingerprint density at radius 3 is 2.64 bits per heavy atom. The maximum atomic E-state index is 13.9. The fourth-order valence-corrected chi connectivity index (χ4v) is 4.01. The molecule has 134 valence electrons. The SMILES string of the molecule is CNc1nc(NC2CCCCC2)nc(SCc2c(F)cccc2Cl)n1. The van der Waals surface area contributed by atoms with Gasteiger partial charge in [0, 0.05) is 29.4 Å². The summed E-state index contributed by atoms with van der Waals surface area (Å²) in [6.45, 7) is 0. The molecule has 3 rings (SSSR count). The standard InChI is InChI=1S/C17H21ClFN5S/c1-20-15-22-16(21-11-6-3-2-4-7-11)24-17(23-15)25-10-12-13(18)8-5-9-14(12)19/h5,8-9,11H,2-4,6-7,10H2,1H3,(H2,20,21,22,23,24). The molecule has 0 radical (unpaired) electrons. The van der Waals surface area contributed by atoms with Crippen molar-refractivity contribution in [1.29, 1.82) is 0 Å². The Morgan fingerprint density at radius 1 is 1.16 bits per heavy atom. The van der Waals surface area contributed by atoms with Gasteiger partial charge in [0.15, 0.2) is 5.16 Å². The molecule has 0 amide bonds. The van der Waals surface area contributed by atoms with E-state index in [1.165, 1.54) is 37.1 Å². The molecule has 0 saturated heterocycles. The van der Waals surface area contributed by atoms with Gasteiger partial charge in [0.25, 0.3) is 0 Å². The van der Waals surface area contributed by atoms with Gasteiger partial charge in [-0.15, -0.1) is 0 Å². The van der Waals surface area contributed by atoms with Gasteiger partial charge in [-0.25, -0.2) is 4.39 Å². The van der Waals surface area contributed by atoms with Gasteiger partial charge in [-0.1, -0.05) is 48.7 Å². The predicted octanol–water partition coefficient (Wildman–Crippen LogP) is 4.74. The van der Waals surface area contributed by atoms with Gasteiger partial charge < -0.3 is 10.6 Å². The molecule has 0 atom stereocenters. The summed E-state index contributed by atoms with van der Waals surface area (Å²) < 4.78 is 13.9. The van der Waals surface area contributed by atoms with Gasteiger partial charge in [-0.05, 0) is 25.0 Å². The maximum Gasteiger partial charge on any atom is 0.228 e. The Hall–Kier alpha value is -1.60. The van der Waals surface area contributed by atoms with Crippen LogP contribution in [0.4, 0.5) is 16.3 Å². The largest absolute Gasteiger partial charge is 0.357 e. The van der Waals surface area contributed by atoms with Crippen molar-refractivity contribution in [3.63, 3.8) is 0 Å². The zero-order valence-corrected chi connectivity index (χ0v) is 15.6. The van der Waals surface area contributed by atoms with E-state index in [4.69, 9.17) is 11.6 Å². The number of nitrogens with zero attached hydrogens (tertiary/aromatic N) is 3. The molecule has 0 unspecified atom stereocenters. The van der Waals surface area contributed by atoms with E-state index in [1.807, 2.05) is 0 Å². The lowest BCUT2D eigenvalue weighted by Gasteiger charge is -2.22. The van der Waals surface area contributed by atoms with E-state index in [0.717, 1.165) is 12.8 Å². The monoisotopic (exact) mass is 381 g/mol. The van der Waals surface area contributed by atoms with Crippen molar-refractivity contribution < 1.29 is 4.39 Å². The predicted molar refractivity (Wildman–Crippen MR) is 101 cm³/mol. The highest BCUT2D eigenvalue weighted by Gasteiger charge is 2.16. The normalized spacial score (nSPS) is 15.2. The van der Waals surface area contributed by atoms with E-state index in [2.05, 4.69) is 25.6 Å². The van der Waals surface area contributed by atoms with E-state index in [1.54, 1.807) is 19.2 Å². The number of hydrogen-bond donors (Lipinski definition) is 2. The summed E-state index contributed by atoms with van der Waals surface area (Å²) in [6, 6.07) is 5.09. The highest BCUT2D eigenvalue weighted by atomic mass is 35.5. The van der Waals surface area contributed by atoms with Crippen molar-refractivity contribution in [1.82, 2.24) is 15.0 Å². The van der Waals surface area contributed by atoms with Crippen LogP contribution in [0.25, 0.3) is 0 Å². The summed E-state index contributed by atoms with van der Waals surface area (Å²) in [4.78, 5) is 13.2. The number of hydrogen-bond acceptors (Lipinski definition) is 6. The first-order valence-electron chi connectivity index (χ1n) is 8.42. The van der Waals surface area contributed by atoms with Gasteiger partial charge >= 0.3 is 0 Å². The summed E-state index contributed by atoms with van der Waals surface area (Å²) in [5, 5.41) is 7.30. The minimum absolute atomic E-state index is 0.316. The molecule has 1 aliphatic rings. The number of aromatic nitrogens is 3. The van der Waals surface area contributed by atoms with Gasteiger partial charge in [0.1, 0.15) is 5.82 Å². The lowest BCUT2D eigenvalue weighted by molar-refractivity contribution is 0.460. The second-order valence-corrected chi connectivity index (χ2v) is 7.33. The highest BCUT2D eigenvalue weighted by Crippen LogP contribution is 2.28. The minimum Gasteiger partial charge on any atom is -0.357 e. The average Bonchev–Trinajstić information content (AvgIpc) is 2.62. The molecule has 8 heteroatoms. The number of halogens is 2. The minimum atomic E-state index is -0.316. The van der Waals surface area contributed by atoms with E-state index < -0.39 is 0 Å². The molecule has 1 fully saturated rings. The first-order valence-corrected chi connectivity index (χ1v) is 9.78. The molecule has 0 aliphatic heterocycles. The Balaban J connectivity index is 1.73. The van der Waals surface area contributed by atoms with Gasteiger partial charge in [-0.3, -0.25) is 0 Å². The molecule has 1 heterocycles. The third kappa shape index (κ3) is 4.95. The third-order valence-electron chi connectivity index (χ3n) is 4.18. The fourth-order valence-electron chi connectivity index (χ4n) is 2.83. The number of anilines is 2. The van der Waals surface area contributed by atoms with Crippen molar-refractivity contribution in [3.8, 4) is 0 Å². The van der Waals surface area contributed by atoms with Crippen LogP contribution in [0, 0.1) is 5.82 Å². The molecule has 25 heavy (non-hydrogen) atoms. The van der Waals surface area contributed by atoms with E-state index in [-0.39, 0.29) is 5.82 Å². The smallest absolute Gasteiger partial charge is 0.228 e. The second kappa shape index (κ2) is 8.67. The molecular weight excluding hydrogens is 361 g/mol. The van der Waals surface area contributed by atoms with Crippen LogP contribution in [0.15, 0.2) is 23.4 Å². The molecule has 1 aromatic heterocycles. The summed E-state index contributed by atoms with van der Waals surface area (Å²) in [5.41, 5.74) is 0.461. The Kier molecular flexibility index (Phi) is 6.31. The van der Waals surface area contributed by atoms with Crippen LogP contribution in [-0.4, -0.2) is 28.0 Å². The summed E-state index contributed by atoms with van der Waals surface area (Å²) in [7, 11) is 1.77. The van der Waals surface area contributed by atoms with Crippen LogP contribution < -0.4 is 10.6 Å². The summed E-state index contributed by atoms with van der Waals surface area (Å²) in [5.74, 6) is 1.11. The molecule has 1 saturated carbocycles. The molecule has 0 bridgehead atoms. The van der Waals surface area contributed by atoms with Crippen molar-refractivity contribution in [2.45, 2.75) is 49.1 Å². The number of thioether (sulfide) groups is 1. The Morgan fingerprint density at radius 2 is 1.92 bits per heavy atom. The quantitative estimate of drug-likeness (QED) is 0.704. The van der Waals surface area contributed by atoms with E-state index in [9.17, 15) is 4.39 Å². The zero-order chi connectivity index (χ0) is 17.6. The van der Waals surface area contributed by atoms with E-state index >= 15 is 0 Å². The summed E-state index contributed by atoms with van der Waals surface area (Å²) in [6.07, 6.45) is 6.02. The van der Waals surface area contributed by atoms with Crippen LogP contribution in [0.3, 0.4) is 0 Å². The first kappa shape index (κ1) is 18.2. The number of nitrogens with one attached hydrogen (secondary N) is 2. The molecule has 2 aromatic rings. The van der Waals surface area contributed by atoms with Crippen LogP contribution in [-0.2, 0) is 5.75 Å². The Bertz CT molecular complexity index is 704.